The van der Waals surface area contributed by atoms with Crippen LogP contribution in [-0.4, -0.2) is 28.9 Å². The number of halogens is 1. The Balaban J connectivity index is 1.51. The number of rotatable bonds is 3. The van der Waals surface area contributed by atoms with E-state index < -0.39 is 0 Å². The molecule has 1 N–H and O–H groups in total. The van der Waals surface area contributed by atoms with Crippen LogP contribution < -0.4 is 14.8 Å². The van der Waals surface area contributed by atoms with E-state index in [0.717, 1.165) is 23.5 Å². The van der Waals surface area contributed by atoms with Gasteiger partial charge in [0.1, 0.15) is 0 Å². The zero-order valence-electron chi connectivity index (χ0n) is 15.7. The molecule has 0 fully saturated rings. The average Bonchev–Trinajstić information content (AvgIpc) is 2.88. The van der Waals surface area contributed by atoms with E-state index in [1.165, 1.54) is 0 Å². The van der Waals surface area contributed by atoms with Crippen LogP contribution in [0.1, 0.15) is 28.2 Å². The predicted molar refractivity (Wildman–Crippen MR) is 108 cm³/mol. The molecule has 1 aromatic heterocycles. The fourth-order valence-electron chi connectivity index (χ4n) is 3.07. The maximum Gasteiger partial charge on any atom is 0.255 e. The Morgan fingerprint density at radius 1 is 1.07 bits per heavy atom. The van der Waals surface area contributed by atoms with E-state index in [2.05, 4.69) is 10.4 Å². The summed E-state index contributed by atoms with van der Waals surface area (Å²) in [5, 5.41) is 7.97. The van der Waals surface area contributed by atoms with Crippen LogP contribution in [0.2, 0.25) is 5.02 Å². The van der Waals surface area contributed by atoms with Crippen LogP contribution in [-0.2, 0) is 0 Å². The minimum atomic E-state index is -0.201. The summed E-state index contributed by atoms with van der Waals surface area (Å²) in [5.74, 6) is 1.14. The second-order valence-corrected chi connectivity index (χ2v) is 6.99. The van der Waals surface area contributed by atoms with Crippen molar-refractivity contribution in [3.8, 4) is 17.2 Å². The summed E-state index contributed by atoms with van der Waals surface area (Å²) in [7, 11) is 0. The third-order valence-corrected chi connectivity index (χ3v) is 5.13. The predicted octanol–water partition coefficient (Wildman–Crippen LogP) is 4.56. The third-order valence-electron chi connectivity index (χ3n) is 4.58. The Morgan fingerprint density at radius 2 is 1.79 bits per heavy atom. The quantitative estimate of drug-likeness (QED) is 0.703. The number of carbonyl (C=O) groups is 1. The average molecular weight is 398 g/mol. The van der Waals surface area contributed by atoms with Crippen molar-refractivity contribution >= 4 is 23.2 Å². The number of hydrogen-bond acceptors (Lipinski definition) is 4. The lowest BCUT2D eigenvalue weighted by molar-refractivity contribution is 0.102. The van der Waals surface area contributed by atoms with Crippen LogP contribution in [0.15, 0.2) is 42.5 Å². The number of hydrogen-bond donors (Lipinski definition) is 1. The van der Waals surface area contributed by atoms with E-state index in [0.29, 0.717) is 41.0 Å². The van der Waals surface area contributed by atoms with Gasteiger partial charge in [0.2, 0.25) is 0 Å². The van der Waals surface area contributed by atoms with Crippen LogP contribution in [0, 0.1) is 13.8 Å². The highest BCUT2D eigenvalue weighted by Gasteiger charge is 2.14. The first-order chi connectivity index (χ1) is 13.5. The van der Waals surface area contributed by atoms with Gasteiger partial charge in [-0.1, -0.05) is 11.6 Å². The Bertz CT molecular complexity index is 1030. The first-order valence-corrected chi connectivity index (χ1v) is 9.44. The number of nitrogens with one attached hydrogen (secondary N) is 1. The summed E-state index contributed by atoms with van der Waals surface area (Å²) in [4.78, 5) is 12.6. The SMILES string of the molecule is Cc1nn(-c2ccc(C(=O)Nc3ccc4c(c3)OCCCO4)cc2)c(C)c1Cl. The maximum atomic E-state index is 12.6. The molecule has 3 aromatic rings. The molecule has 1 aliphatic heterocycles. The summed E-state index contributed by atoms with van der Waals surface area (Å²) in [6.45, 7) is 5.00. The number of ether oxygens (including phenoxy) is 2. The molecule has 0 spiro atoms. The van der Waals surface area contributed by atoms with Crippen molar-refractivity contribution < 1.29 is 14.3 Å². The van der Waals surface area contributed by atoms with Gasteiger partial charge >= 0.3 is 0 Å². The molecule has 144 valence electrons. The molecule has 0 saturated carbocycles. The van der Waals surface area contributed by atoms with E-state index in [4.69, 9.17) is 21.1 Å². The summed E-state index contributed by atoms with van der Waals surface area (Å²) in [6, 6.07) is 12.6. The molecule has 2 heterocycles. The number of fused-ring (bicyclic) bond motifs is 1. The molecule has 0 bridgehead atoms. The second-order valence-electron chi connectivity index (χ2n) is 6.61. The second kappa shape index (κ2) is 7.56. The van der Waals surface area contributed by atoms with Crippen molar-refractivity contribution in [2.24, 2.45) is 0 Å². The van der Waals surface area contributed by atoms with Gasteiger partial charge in [0, 0.05) is 23.7 Å². The number of amides is 1. The number of aromatic nitrogens is 2. The van der Waals surface area contributed by atoms with E-state index in [9.17, 15) is 4.79 Å². The number of nitrogens with zero attached hydrogens (tertiary/aromatic N) is 2. The Labute approximate surface area is 168 Å². The van der Waals surface area contributed by atoms with Crippen LogP contribution in [0.25, 0.3) is 5.69 Å². The van der Waals surface area contributed by atoms with Gasteiger partial charge in [0.05, 0.1) is 35.3 Å². The van der Waals surface area contributed by atoms with Crippen molar-refractivity contribution in [2.45, 2.75) is 20.3 Å². The summed E-state index contributed by atoms with van der Waals surface area (Å²) >= 11 is 6.21. The molecule has 6 nitrogen and oxygen atoms in total. The molecular weight excluding hydrogens is 378 g/mol. The first kappa shape index (κ1) is 18.4. The van der Waals surface area contributed by atoms with E-state index in [1.54, 1.807) is 28.9 Å². The molecule has 28 heavy (non-hydrogen) atoms. The number of carbonyl (C=O) groups excluding carboxylic acids is 1. The van der Waals surface area contributed by atoms with Crippen molar-refractivity contribution in [1.82, 2.24) is 9.78 Å². The number of aryl methyl sites for hydroxylation is 1. The summed E-state index contributed by atoms with van der Waals surface area (Å²) < 4.78 is 13.0. The van der Waals surface area contributed by atoms with Crippen LogP contribution in [0.5, 0.6) is 11.5 Å². The molecule has 1 aliphatic rings. The normalized spacial score (nSPS) is 13.1. The lowest BCUT2D eigenvalue weighted by Gasteiger charge is -2.11. The molecule has 1 amide bonds. The van der Waals surface area contributed by atoms with Gasteiger partial charge < -0.3 is 14.8 Å². The van der Waals surface area contributed by atoms with Crippen LogP contribution >= 0.6 is 11.6 Å². The topological polar surface area (TPSA) is 65.4 Å². The number of anilines is 1. The lowest BCUT2D eigenvalue weighted by atomic mass is 10.2. The molecule has 4 rings (SSSR count). The molecular formula is C21H20ClN3O3. The highest BCUT2D eigenvalue weighted by atomic mass is 35.5. The van der Waals surface area contributed by atoms with Crippen LogP contribution in [0.3, 0.4) is 0 Å². The lowest BCUT2D eigenvalue weighted by Crippen LogP contribution is -2.12. The molecule has 0 aliphatic carbocycles. The van der Waals surface area contributed by atoms with Crippen molar-refractivity contribution in [1.29, 1.82) is 0 Å². The minimum Gasteiger partial charge on any atom is -0.490 e. The Morgan fingerprint density at radius 3 is 2.46 bits per heavy atom. The summed E-state index contributed by atoms with van der Waals surface area (Å²) in [6.07, 6.45) is 0.836. The minimum absolute atomic E-state index is 0.201. The number of benzene rings is 2. The molecule has 0 radical (unpaired) electrons. The maximum absolute atomic E-state index is 12.6. The van der Waals surface area contributed by atoms with Crippen molar-refractivity contribution in [2.75, 3.05) is 18.5 Å². The first-order valence-electron chi connectivity index (χ1n) is 9.06. The van der Waals surface area contributed by atoms with E-state index in [-0.39, 0.29) is 5.91 Å². The highest BCUT2D eigenvalue weighted by molar-refractivity contribution is 6.31. The third kappa shape index (κ3) is 3.55. The Kier molecular flexibility index (Phi) is 4.96. The molecule has 2 aromatic carbocycles. The van der Waals surface area contributed by atoms with Gasteiger partial charge in [-0.25, -0.2) is 4.68 Å². The van der Waals surface area contributed by atoms with Crippen LogP contribution in [0.4, 0.5) is 5.69 Å². The highest BCUT2D eigenvalue weighted by Crippen LogP contribution is 2.32. The largest absolute Gasteiger partial charge is 0.490 e. The van der Waals surface area contributed by atoms with E-state index in [1.807, 2.05) is 32.0 Å². The smallest absolute Gasteiger partial charge is 0.255 e. The van der Waals surface area contributed by atoms with Gasteiger partial charge in [-0.3, -0.25) is 4.79 Å². The fraction of sp³-hybridized carbons (Fsp3) is 0.238. The standard InChI is InChI=1S/C21H20ClN3O3/c1-13-20(22)14(2)25(24-13)17-7-4-15(5-8-17)21(26)23-16-6-9-18-19(12-16)28-11-3-10-27-18/h4-9,12H,3,10-11H2,1-2H3,(H,23,26). The zero-order valence-corrected chi connectivity index (χ0v) is 16.4. The van der Waals surface area contributed by atoms with Gasteiger partial charge in [0.25, 0.3) is 5.91 Å². The molecule has 0 saturated heterocycles. The molecule has 0 unspecified atom stereocenters. The van der Waals surface area contributed by atoms with Gasteiger partial charge in [-0.2, -0.15) is 5.10 Å². The van der Waals surface area contributed by atoms with Crippen molar-refractivity contribution in [3.63, 3.8) is 0 Å². The van der Waals surface area contributed by atoms with Gasteiger partial charge in [-0.05, 0) is 50.2 Å². The fourth-order valence-corrected chi connectivity index (χ4v) is 3.19. The van der Waals surface area contributed by atoms with Gasteiger partial charge in [-0.15, -0.1) is 0 Å². The molecule has 7 heteroatoms. The summed E-state index contributed by atoms with van der Waals surface area (Å²) in [5.41, 5.74) is 3.69. The van der Waals surface area contributed by atoms with Crippen molar-refractivity contribution in [3.05, 3.63) is 64.4 Å². The van der Waals surface area contributed by atoms with E-state index >= 15 is 0 Å². The monoisotopic (exact) mass is 397 g/mol. The Hall–Kier alpha value is -2.99. The zero-order chi connectivity index (χ0) is 19.7. The van der Waals surface area contributed by atoms with Gasteiger partial charge in [0.15, 0.2) is 11.5 Å². The molecule has 0 atom stereocenters.